The monoisotopic (exact) mass is 432 g/mol. The molecule has 0 heterocycles. The number of methoxy groups -OCH3 is 1. The first kappa shape index (κ1) is 24.3. The zero-order chi connectivity index (χ0) is 23.0. The molecule has 0 fully saturated rings. The molecule has 0 unspecified atom stereocenters. The van der Waals surface area contributed by atoms with Crippen LogP contribution in [-0.2, 0) is 4.79 Å². The normalized spacial score (nSPS) is 11.5. The molecule has 0 aliphatic heterocycles. The molecule has 0 saturated heterocycles. The molecule has 0 aliphatic rings. The minimum Gasteiger partial charge on any atom is -0.493 e. The fourth-order valence-electron chi connectivity index (χ4n) is 3.25. The Balaban J connectivity index is 2.05. The average Bonchev–Trinajstić information content (AvgIpc) is 2.70. The molecule has 0 spiro atoms. The van der Waals surface area contributed by atoms with Crippen molar-refractivity contribution in [3.63, 3.8) is 0 Å². The first-order valence-electron chi connectivity index (χ1n) is 10.2. The number of anilines is 1. The fraction of sp³-hybridized carbons (Fsp3) is 0.375. The first-order chi connectivity index (χ1) is 14.7. The lowest BCUT2D eigenvalue weighted by molar-refractivity contribution is -0.111. The molecule has 2 aromatic rings. The number of nitrogens with zero attached hydrogens (tertiary/aromatic N) is 1. The van der Waals surface area contributed by atoms with Crippen LogP contribution in [-0.4, -0.2) is 43.2 Å². The molecule has 5 nitrogen and oxygen atoms in total. The molecular formula is C24H30F2N2O3. The van der Waals surface area contributed by atoms with Gasteiger partial charge in [0.1, 0.15) is 18.2 Å². The summed E-state index contributed by atoms with van der Waals surface area (Å²) in [5.74, 6) is -0.953. The van der Waals surface area contributed by atoms with Crippen LogP contribution in [0.3, 0.4) is 0 Å². The van der Waals surface area contributed by atoms with Gasteiger partial charge in [-0.25, -0.2) is 8.78 Å². The van der Waals surface area contributed by atoms with Gasteiger partial charge in [-0.3, -0.25) is 9.69 Å². The van der Waals surface area contributed by atoms with Gasteiger partial charge >= 0.3 is 0 Å². The third-order valence-electron chi connectivity index (χ3n) is 4.77. The van der Waals surface area contributed by atoms with Gasteiger partial charge in [-0.1, -0.05) is 6.07 Å². The number of halogens is 2. The van der Waals surface area contributed by atoms with Gasteiger partial charge in [-0.2, -0.15) is 0 Å². The van der Waals surface area contributed by atoms with Crippen LogP contribution >= 0.6 is 0 Å². The summed E-state index contributed by atoms with van der Waals surface area (Å²) < 4.78 is 38.6. The third kappa shape index (κ3) is 7.07. The van der Waals surface area contributed by atoms with Crippen LogP contribution in [0.1, 0.15) is 33.3 Å². The second kappa shape index (κ2) is 11.5. The second-order valence-corrected chi connectivity index (χ2v) is 7.60. The van der Waals surface area contributed by atoms with Crippen molar-refractivity contribution in [1.29, 1.82) is 0 Å². The zero-order valence-corrected chi connectivity index (χ0v) is 18.6. The number of rotatable bonds is 10. The molecule has 2 rings (SSSR count). The van der Waals surface area contributed by atoms with Crippen molar-refractivity contribution >= 4 is 17.7 Å². The van der Waals surface area contributed by atoms with E-state index in [0.29, 0.717) is 35.9 Å². The summed E-state index contributed by atoms with van der Waals surface area (Å²) in [4.78, 5) is 14.5. The van der Waals surface area contributed by atoms with E-state index in [9.17, 15) is 13.6 Å². The lowest BCUT2D eigenvalue weighted by Gasteiger charge is -2.30. The minimum absolute atomic E-state index is 0.267. The Kier molecular flexibility index (Phi) is 9.00. The molecule has 0 aliphatic carbocycles. The summed E-state index contributed by atoms with van der Waals surface area (Å²) in [5, 5.41) is 2.66. The van der Waals surface area contributed by atoms with Gasteiger partial charge in [0, 0.05) is 42.0 Å². The minimum atomic E-state index is -0.735. The number of carbonyl (C=O) groups is 1. The van der Waals surface area contributed by atoms with Gasteiger partial charge in [0.2, 0.25) is 5.91 Å². The summed E-state index contributed by atoms with van der Waals surface area (Å²) in [6.45, 7) is 9.74. The van der Waals surface area contributed by atoms with Crippen molar-refractivity contribution < 1.29 is 23.0 Å². The Labute approximate surface area is 182 Å². The van der Waals surface area contributed by atoms with E-state index in [1.165, 1.54) is 6.07 Å². The van der Waals surface area contributed by atoms with Crippen LogP contribution in [0.4, 0.5) is 14.5 Å². The highest BCUT2D eigenvalue weighted by Crippen LogP contribution is 2.30. The number of hydrogen-bond acceptors (Lipinski definition) is 4. The fourth-order valence-corrected chi connectivity index (χ4v) is 3.25. The van der Waals surface area contributed by atoms with Crippen molar-refractivity contribution in [3.8, 4) is 11.5 Å². The van der Waals surface area contributed by atoms with Gasteiger partial charge in [-0.05, 0) is 58.0 Å². The van der Waals surface area contributed by atoms with E-state index in [0.717, 1.165) is 30.8 Å². The molecule has 7 heteroatoms. The van der Waals surface area contributed by atoms with E-state index in [1.807, 2.05) is 0 Å². The topological polar surface area (TPSA) is 50.8 Å². The van der Waals surface area contributed by atoms with Crippen LogP contribution in [0.5, 0.6) is 11.5 Å². The summed E-state index contributed by atoms with van der Waals surface area (Å²) in [7, 11) is 1.54. The smallest absolute Gasteiger partial charge is 0.248 e. The molecular weight excluding hydrogens is 402 g/mol. The predicted molar refractivity (Wildman–Crippen MR) is 119 cm³/mol. The molecule has 2 aromatic carbocycles. The molecule has 1 N–H and O–H groups in total. The van der Waals surface area contributed by atoms with Crippen molar-refractivity contribution in [2.45, 2.75) is 39.8 Å². The van der Waals surface area contributed by atoms with E-state index >= 15 is 0 Å². The van der Waals surface area contributed by atoms with Crippen LogP contribution in [0, 0.1) is 11.6 Å². The lowest BCUT2D eigenvalue weighted by atomic mass is 10.2. The van der Waals surface area contributed by atoms with E-state index in [2.05, 4.69) is 37.9 Å². The molecule has 168 valence electrons. The Hall–Kier alpha value is -2.93. The molecule has 0 radical (unpaired) electrons. The van der Waals surface area contributed by atoms with E-state index in [1.54, 1.807) is 25.3 Å². The third-order valence-corrected chi connectivity index (χ3v) is 4.77. The number of benzene rings is 2. The highest BCUT2D eigenvalue weighted by atomic mass is 19.1. The largest absolute Gasteiger partial charge is 0.493 e. The van der Waals surface area contributed by atoms with Crippen LogP contribution in [0.25, 0.3) is 6.08 Å². The van der Waals surface area contributed by atoms with Crippen molar-refractivity contribution in [2.24, 2.45) is 0 Å². The van der Waals surface area contributed by atoms with Gasteiger partial charge in [0.15, 0.2) is 11.5 Å². The first-order valence-corrected chi connectivity index (χ1v) is 10.2. The van der Waals surface area contributed by atoms with Crippen molar-refractivity contribution in [3.05, 3.63) is 59.7 Å². The highest BCUT2D eigenvalue weighted by Gasteiger charge is 2.14. The molecule has 31 heavy (non-hydrogen) atoms. The quantitative estimate of drug-likeness (QED) is 0.529. The average molecular weight is 433 g/mol. The van der Waals surface area contributed by atoms with Crippen LogP contribution in [0.2, 0.25) is 0 Å². The van der Waals surface area contributed by atoms with E-state index in [-0.39, 0.29) is 5.56 Å². The Morgan fingerprint density at radius 1 is 1.06 bits per heavy atom. The maximum Gasteiger partial charge on any atom is 0.248 e. The summed E-state index contributed by atoms with van der Waals surface area (Å²) in [6, 6.07) is 9.32. The summed E-state index contributed by atoms with van der Waals surface area (Å²) in [5.41, 5.74) is 0.209. The lowest BCUT2D eigenvalue weighted by Crippen LogP contribution is -2.39. The SMILES string of the molecule is COc1ccc(NC(=O)/C=C/c2c(F)cccc2F)cc1OCCN(C(C)C)C(C)C. The van der Waals surface area contributed by atoms with Crippen LogP contribution in [0.15, 0.2) is 42.5 Å². The highest BCUT2D eigenvalue weighted by molar-refractivity contribution is 6.02. The maximum absolute atomic E-state index is 13.7. The Morgan fingerprint density at radius 2 is 1.71 bits per heavy atom. The number of amides is 1. The molecule has 0 atom stereocenters. The molecule has 0 saturated carbocycles. The van der Waals surface area contributed by atoms with Crippen molar-refractivity contribution in [2.75, 3.05) is 25.6 Å². The number of carbonyl (C=O) groups excluding carboxylic acids is 1. The molecule has 0 aromatic heterocycles. The van der Waals surface area contributed by atoms with E-state index in [4.69, 9.17) is 9.47 Å². The number of ether oxygens (including phenoxy) is 2. The zero-order valence-electron chi connectivity index (χ0n) is 18.6. The summed E-state index contributed by atoms with van der Waals surface area (Å²) >= 11 is 0. The predicted octanol–water partition coefficient (Wildman–Crippen LogP) is 5.12. The van der Waals surface area contributed by atoms with Gasteiger partial charge in [-0.15, -0.1) is 0 Å². The summed E-state index contributed by atoms with van der Waals surface area (Å²) in [6.07, 6.45) is 2.18. The van der Waals surface area contributed by atoms with Gasteiger partial charge in [0.05, 0.1) is 7.11 Å². The number of hydrogen-bond donors (Lipinski definition) is 1. The Bertz CT molecular complexity index is 885. The van der Waals surface area contributed by atoms with Crippen LogP contribution < -0.4 is 14.8 Å². The molecule has 1 amide bonds. The second-order valence-electron chi connectivity index (χ2n) is 7.60. The van der Waals surface area contributed by atoms with E-state index < -0.39 is 17.5 Å². The van der Waals surface area contributed by atoms with Gasteiger partial charge in [0.25, 0.3) is 0 Å². The number of nitrogens with one attached hydrogen (secondary N) is 1. The standard InChI is InChI=1S/C24H30F2N2O3/c1-16(2)28(17(3)4)13-14-31-23-15-18(9-11-22(23)30-5)27-24(29)12-10-19-20(25)7-6-8-21(19)26/h6-12,15-17H,13-14H2,1-5H3,(H,27,29)/b12-10+. The molecule has 0 bridgehead atoms. The van der Waals surface area contributed by atoms with Crippen molar-refractivity contribution in [1.82, 2.24) is 4.90 Å². The van der Waals surface area contributed by atoms with Gasteiger partial charge < -0.3 is 14.8 Å². The maximum atomic E-state index is 13.7. The Morgan fingerprint density at radius 3 is 2.29 bits per heavy atom.